The van der Waals surface area contributed by atoms with Crippen LogP contribution in [0.3, 0.4) is 0 Å². The zero-order valence-electron chi connectivity index (χ0n) is 17.7. The molecule has 9 nitrogen and oxygen atoms in total. The highest BCUT2D eigenvalue weighted by Crippen LogP contribution is 2.36. The van der Waals surface area contributed by atoms with Gasteiger partial charge in [0.2, 0.25) is 5.88 Å². The zero-order chi connectivity index (χ0) is 21.4. The Hall–Kier alpha value is -3.23. The van der Waals surface area contributed by atoms with Gasteiger partial charge in [-0.1, -0.05) is 13.8 Å². The Kier molecular flexibility index (Phi) is 5.27. The summed E-state index contributed by atoms with van der Waals surface area (Å²) in [5, 5.41) is 11.4. The fourth-order valence-corrected chi connectivity index (χ4v) is 4.16. The molecule has 3 aromatic rings. The molecule has 1 aliphatic rings. The second-order valence-corrected chi connectivity index (χ2v) is 7.83. The van der Waals surface area contributed by atoms with Crippen LogP contribution in [0.4, 0.5) is 5.82 Å². The first-order valence-electron chi connectivity index (χ1n) is 10.1. The number of methoxy groups -OCH3 is 2. The Morgan fingerprint density at radius 1 is 1.13 bits per heavy atom. The van der Waals surface area contributed by atoms with Gasteiger partial charge in [-0.05, 0) is 24.8 Å². The predicted octanol–water partition coefficient (Wildman–Crippen LogP) is 2.81. The highest BCUT2D eigenvalue weighted by Gasteiger charge is 2.28. The molecule has 2 aromatic heterocycles. The van der Waals surface area contributed by atoms with Gasteiger partial charge in [-0.3, -0.25) is 4.57 Å². The lowest BCUT2D eigenvalue weighted by molar-refractivity contribution is 0.329. The van der Waals surface area contributed by atoms with Crippen LogP contribution in [0.25, 0.3) is 10.9 Å². The highest BCUT2D eigenvalue weighted by molar-refractivity contribution is 5.92. The maximum atomic E-state index is 12.4. The predicted molar refractivity (Wildman–Crippen MR) is 114 cm³/mol. The molecule has 0 aliphatic carbocycles. The molecule has 1 saturated heterocycles. The Morgan fingerprint density at radius 2 is 1.80 bits per heavy atom. The van der Waals surface area contributed by atoms with E-state index >= 15 is 0 Å². The second-order valence-electron chi connectivity index (χ2n) is 7.83. The van der Waals surface area contributed by atoms with Crippen LogP contribution in [0, 0.1) is 0 Å². The summed E-state index contributed by atoms with van der Waals surface area (Å²) in [4.78, 5) is 26.3. The number of nitrogens with one attached hydrogen (secondary N) is 1. The van der Waals surface area contributed by atoms with Crippen LogP contribution in [0.2, 0.25) is 0 Å². The maximum Gasteiger partial charge on any atom is 0.328 e. The molecule has 1 aromatic carbocycles. The smallest absolute Gasteiger partial charge is 0.328 e. The van der Waals surface area contributed by atoms with E-state index in [9.17, 15) is 9.90 Å². The van der Waals surface area contributed by atoms with Gasteiger partial charge in [0.1, 0.15) is 12.1 Å². The molecule has 2 N–H and O–H groups in total. The van der Waals surface area contributed by atoms with Crippen molar-refractivity contribution in [3.63, 3.8) is 0 Å². The van der Waals surface area contributed by atoms with Crippen molar-refractivity contribution in [3.05, 3.63) is 34.6 Å². The molecule has 0 saturated carbocycles. The van der Waals surface area contributed by atoms with E-state index < -0.39 is 0 Å². The number of hydrogen-bond donors (Lipinski definition) is 2. The first-order valence-corrected chi connectivity index (χ1v) is 10.1. The van der Waals surface area contributed by atoms with Gasteiger partial charge in [0.15, 0.2) is 11.5 Å². The summed E-state index contributed by atoms with van der Waals surface area (Å²) in [5.74, 6) is 2.18. The van der Waals surface area contributed by atoms with E-state index in [4.69, 9.17) is 9.47 Å². The standard InChI is InChI=1S/C21H27N5O4/c1-12(2)18-20(27)26(21(28)24-18)13-5-7-25(8-6-13)19-14-9-16(29-3)17(30-4)10-15(14)22-11-23-19/h9-13,27H,5-8H2,1-4H3,(H,24,28). The molecule has 1 fully saturated rings. The number of aromatic nitrogens is 4. The van der Waals surface area contributed by atoms with Crippen LogP contribution in [-0.2, 0) is 0 Å². The lowest BCUT2D eigenvalue weighted by Crippen LogP contribution is -2.37. The number of nitrogens with zero attached hydrogens (tertiary/aromatic N) is 4. The number of hydrogen-bond acceptors (Lipinski definition) is 7. The summed E-state index contributed by atoms with van der Waals surface area (Å²) in [7, 11) is 3.20. The van der Waals surface area contributed by atoms with E-state index in [1.165, 1.54) is 4.57 Å². The average molecular weight is 413 g/mol. The third kappa shape index (κ3) is 3.34. The van der Waals surface area contributed by atoms with Crippen LogP contribution in [0.15, 0.2) is 23.3 Å². The highest BCUT2D eigenvalue weighted by atomic mass is 16.5. The van der Waals surface area contributed by atoms with Gasteiger partial charge in [0, 0.05) is 30.6 Å². The first-order chi connectivity index (χ1) is 14.4. The molecule has 0 amide bonds. The van der Waals surface area contributed by atoms with E-state index in [2.05, 4.69) is 19.9 Å². The Morgan fingerprint density at radius 3 is 2.40 bits per heavy atom. The number of aromatic hydroxyl groups is 1. The van der Waals surface area contributed by atoms with Gasteiger partial charge in [-0.15, -0.1) is 0 Å². The van der Waals surface area contributed by atoms with Crippen molar-refractivity contribution in [1.29, 1.82) is 0 Å². The van der Waals surface area contributed by atoms with E-state index in [1.54, 1.807) is 20.5 Å². The minimum atomic E-state index is -0.251. The van der Waals surface area contributed by atoms with Crippen molar-refractivity contribution in [2.75, 3.05) is 32.2 Å². The van der Waals surface area contributed by atoms with Gasteiger partial charge >= 0.3 is 5.69 Å². The number of H-pyrrole nitrogens is 1. The molecule has 9 heteroatoms. The molecular weight excluding hydrogens is 386 g/mol. The zero-order valence-corrected chi connectivity index (χ0v) is 17.7. The molecule has 0 radical (unpaired) electrons. The molecular formula is C21H27N5O4. The number of fused-ring (bicyclic) bond motifs is 1. The molecule has 160 valence electrons. The summed E-state index contributed by atoms with van der Waals surface area (Å²) in [5.41, 5.74) is 1.12. The average Bonchev–Trinajstić information content (AvgIpc) is 3.06. The Labute approximate surface area is 174 Å². The Balaban J connectivity index is 1.61. The monoisotopic (exact) mass is 413 g/mol. The molecule has 0 spiro atoms. The normalized spacial score (nSPS) is 15.2. The number of piperidine rings is 1. The summed E-state index contributed by atoms with van der Waals surface area (Å²) in [6, 6.07) is 3.68. The van der Waals surface area contributed by atoms with Crippen molar-refractivity contribution < 1.29 is 14.6 Å². The van der Waals surface area contributed by atoms with Crippen molar-refractivity contribution >= 4 is 16.7 Å². The van der Waals surface area contributed by atoms with Crippen LogP contribution >= 0.6 is 0 Å². The SMILES string of the molecule is COc1cc2ncnc(N3CCC(n4c(O)c(C(C)C)[nH]c4=O)CC3)c2cc1OC. The number of benzene rings is 1. The molecule has 30 heavy (non-hydrogen) atoms. The minimum absolute atomic E-state index is 0.0535. The quantitative estimate of drug-likeness (QED) is 0.662. The number of ether oxygens (including phenoxy) is 2. The van der Waals surface area contributed by atoms with Crippen molar-refractivity contribution in [2.24, 2.45) is 0 Å². The van der Waals surface area contributed by atoms with Crippen LogP contribution in [-0.4, -0.2) is 51.9 Å². The third-order valence-electron chi connectivity index (χ3n) is 5.76. The topological polar surface area (TPSA) is 106 Å². The molecule has 4 rings (SSSR count). The third-order valence-corrected chi connectivity index (χ3v) is 5.76. The second kappa shape index (κ2) is 7.89. The molecule has 1 aliphatic heterocycles. The molecule has 0 bridgehead atoms. The van der Waals surface area contributed by atoms with Crippen LogP contribution in [0.1, 0.15) is 44.3 Å². The van der Waals surface area contributed by atoms with Gasteiger partial charge < -0.3 is 24.5 Å². The fraction of sp³-hybridized carbons (Fsp3) is 0.476. The molecule has 0 unspecified atom stereocenters. The number of aromatic amines is 1. The summed E-state index contributed by atoms with van der Waals surface area (Å²) in [6.45, 7) is 5.31. The first kappa shape index (κ1) is 20.1. The largest absolute Gasteiger partial charge is 0.493 e. The molecule has 0 atom stereocenters. The lowest BCUT2D eigenvalue weighted by atomic mass is 10.0. The van der Waals surface area contributed by atoms with Gasteiger partial charge in [0.05, 0.1) is 25.4 Å². The lowest BCUT2D eigenvalue weighted by Gasteiger charge is -2.33. The summed E-state index contributed by atoms with van der Waals surface area (Å²) in [6.07, 6.45) is 3.00. The maximum absolute atomic E-state index is 12.4. The molecule has 3 heterocycles. The van der Waals surface area contributed by atoms with Crippen molar-refractivity contribution in [3.8, 4) is 17.4 Å². The summed E-state index contributed by atoms with van der Waals surface area (Å²) >= 11 is 0. The number of imidazole rings is 1. The van der Waals surface area contributed by atoms with Crippen molar-refractivity contribution in [2.45, 2.75) is 38.6 Å². The van der Waals surface area contributed by atoms with E-state index in [0.29, 0.717) is 30.3 Å². The summed E-state index contributed by atoms with van der Waals surface area (Å²) < 4.78 is 12.3. The van der Waals surface area contributed by atoms with Gasteiger partial charge in [-0.25, -0.2) is 14.8 Å². The van der Waals surface area contributed by atoms with E-state index in [1.807, 2.05) is 26.0 Å². The number of rotatable bonds is 5. The van der Waals surface area contributed by atoms with E-state index in [-0.39, 0.29) is 23.5 Å². The van der Waals surface area contributed by atoms with Crippen LogP contribution < -0.4 is 20.1 Å². The van der Waals surface area contributed by atoms with E-state index in [0.717, 1.165) is 29.6 Å². The Bertz CT molecular complexity index is 1110. The van der Waals surface area contributed by atoms with Gasteiger partial charge in [-0.2, -0.15) is 0 Å². The van der Waals surface area contributed by atoms with Gasteiger partial charge in [0.25, 0.3) is 0 Å². The van der Waals surface area contributed by atoms with Crippen LogP contribution in [0.5, 0.6) is 17.4 Å². The number of anilines is 1. The van der Waals surface area contributed by atoms with Crippen molar-refractivity contribution in [1.82, 2.24) is 19.5 Å². The minimum Gasteiger partial charge on any atom is -0.493 e. The fourth-order valence-electron chi connectivity index (χ4n) is 4.16.